The molecule has 0 radical (unpaired) electrons. The Morgan fingerprint density at radius 1 is 1.19 bits per heavy atom. The monoisotopic (exact) mass is 432 g/mol. The zero-order chi connectivity index (χ0) is 22.5. The van der Waals surface area contributed by atoms with Crippen LogP contribution in [0.2, 0.25) is 0 Å². The van der Waals surface area contributed by atoms with Gasteiger partial charge in [-0.1, -0.05) is 0 Å². The molecule has 31 heavy (non-hydrogen) atoms. The summed E-state index contributed by atoms with van der Waals surface area (Å²) in [4.78, 5) is 42.6. The van der Waals surface area contributed by atoms with Crippen molar-refractivity contribution in [1.82, 2.24) is 19.7 Å². The molecule has 1 aromatic heterocycles. The summed E-state index contributed by atoms with van der Waals surface area (Å²) < 4.78 is 24.8. The molecule has 2 aromatic rings. The number of benzene rings is 1. The molecule has 0 N–H and O–H groups in total. The maximum absolute atomic E-state index is 13.1. The Morgan fingerprint density at radius 3 is 2.45 bits per heavy atom. The second kappa shape index (κ2) is 9.67. The van der Waals surface area contributed by atoms with Gasteiger partial charge in [-0.05, 0) is 57.9 Å². The summed E-state index contributed by atoms with van der Waals surface area (Å²) >= 11 is 0. The summed E-state index contributed by atoms with van der Waals surface area (Å²) in [5.74, 6) is -1.80. The Kier molecular flexibility index (Phi) is 6.98. The Hall–Kier alpha value is -3.30. The van der Waals surface area contributed by atoms with E-state index >= 15 is 0 Å². The number of esters is 2. The van der Waals surface area contributed by atoms with Gasteiger partial charge in [0, 0.05) is 13.1 Å². The highest BCUT2D eigenvalue weighted by molar-refractivity contribution is 5.89. The minimum atomic E-state index is -1.02. The van der Waals surface area contributed by atoms with Crippen molar-refractivity contribution in [2.75, 3.05) is 19.7 Å². The predicted octanol–water partition coefficient (Wildman–Crippen LogP) is 2.06. The van der Waals surface area contributed by atoms with Crippen LogP contribution in [0.5, 0.6) is 0 Å². The standard InChI is InChI=1S/C21H25FN4O5/c1-4-30-20(28)15-9-11-25(12-10-15)19(27)13(2)31-21(29)18-23-14(3)26(24-18)17-7-5-16(22)6-8-17/h5-8,13,15H,4,9-12H2,1-3H3. The molecular weight excluding hydrogens is 407 g/mol. The van der Waals surface area contributed by atoms with Crippen LogP contribution in [0.3, 0.4) is 0 Å². The number of piperidine rings is 1. The number of aryl methyl sites for hydroxylation is 1. The lowest BCUT2D eigenvalue weighted by atomic mass is 9.97. The van der Waals surface area contributed by atoms with Crippen LogP contribution in [0, 0.1) is 18.7 Å². The van der Waals surface area contributed by atoms with Crippen molar-refractivity contribution in [1.29, 1.82) is 0 Å². The molecule has 2 heterocycles. The first-order valence-corrected chi connectivity index (χ1v) is 10.2. The van der Waals surface area contributed by atoms with E-state index in [0.29, 0.717) is 44.0 Å². The molecule has 1 aliphatic heterocycles. The van der Waals surface area contributed by atoms with E-state index in [2.05, 4.69) is 10.1 Å². The largest absolute Gasteiger partial charge is 0.466 e. The topological polar surface area (TPSA) is 104 Å². The van der Waals surface area contributed by atoms with E-state index in [4.69, 9.17) is 9.47 Å². The zero-order valence-electron chi connectivity index (χ0n) is 17.7. The van der Waals surface area contributed by atoms with Crippen LogP contribution in [0.15, 0.2) is 24.3 Å². The number of aromatic nitrogens is 3. The molecule has 1 unspecified atom stereocenters. The van der Waals surface area contributed by atoms with Crippen molar-refractivity contribution < 1.29 is 28.2 Å². The third-order valence-corrected chi connectivity index (χ3v) is 5.08. The van der Waals surface area contributed by atoms with Crippen molar-refractivity contribution in [2.24, 2.45) is 5.92 Å². The Bertz CT molecular complexity index is 951. The van der Waals surface area contributed by atoms with Crippen LogP contribution in [-0.4, -0.2) is 63.3 Å². The van der Waals surface area contributed by atoms with E-state index < -0.39 is 12.1 Å². The Labute approximate surface area is 179 Å². The van der Waals surface area contributed by atoms with Gasteiger partial charge < -0.3 is 14.4 Å². The Balaban J connectivity index is 1.58. The van der Waals surface area contributed by atoms with Gasteiger partial charge in [-0.25, -0.2) is 18.9 Å². The highest BCUT2D eigenvalue weighted by Gasteiger charge is 2.32. The van der Waals surface area contributed by atoms with Crippen LogP contribution in [0.4, 0.5) is 4.39 Å². The van der Waals surface area contributed by atoms with Crippen molar-refractivity contribution in [3.63, 3.8) is 0 Å². The average molecular weight is 432 g/mol. The molecule has 10 heteroatoms. The molecule has 1 fully saturated rings. The molecule has 1 atom stereocenters. The van der Waals surface area contributed by atoms with E-state index in [9.17, 15) is 18.8 Å². The number of carbonyl (C=O) groups is 3. The molecule has 1 aromatic carbocycles. The molecule has 0 saturated carbocycles. The molecule has 1 aliphatic rings. The number of amides is 1. The second-order valence-electron chi connectivity index (χ2n) is 7.27. The van der Waals surface area contributed by atoms with E-state index in [0.717, 1.165) is 0 Å². The van der Waals surface area contributed by atoms with Gasteiger partial charge in [0.25, 0.3) is 11.7 Å². The third kappa shape index (κ3) is 5.25. The summed E-state index contributed by atoms with van der Waals surface area (Å²) in [5.41, 5.74) is 0.541. The summed E-state index contributed by atoms with van der Waals surface area (Å²) in [6, 6.07) is 5.58. The number of halogens is 1. The first kappa shape index (κ1) is 22.4. The molecule has 3 rings (SSSR count). The van der Waals surface area contributed by atoms with Gasteiger partial charge in [0.15, 0.2) is 6.10 Å². The summed E-state index contributed by atoms with van der Waals surface area (Å²) in [5, 5.41) is 4.11. The summed E-state index contributed by atoms with van der Waals surface area (Å²) in [7, 11) is 0. The van der Waals surface area contributed by atoms with Crippen molar-refractivity contribution in [2.45, 2.75) is 39.7 Å². The van der Waals surface area contributed by atoms with E-state index in [-0.39, 0.29) is 29.4 Å². The van der Waals surface area contributed by atoms with Crippen LogP contribution in [0.25, 0.3) is 5.69 Å². The molecule has 166 valence electrons. The highest BCUT2D eigenvalue weighted by Crippen LogP contribution is 2.20. The fraction of sp³-hybridized carbons (Fsp3) is 0.476. The van der Waals surface area contributed by atoms with Crippen molar-refractivity contribution >= 4 is 17.8 Å². The molecule has 1 saturated heterocycles. The minimum Gasteiger partial charge on any atom is -0.466 e. The lowest BCUT2D eigenvalue weighted by molar-refractivity contribution is -0.152. The van der Waals surface area contributed by atoms with Crippen LogP contribution < -0.4 is 0 Å². The minimum absolute atomic E-state index is 0.192. The van der Waals surface area contributed by atoms with Crippen molar-refractivity contribution in [3.05, 3.63) is 41.7 Å². The normalized spacial score (nSPS) is 15.4. The molecule has 0 spiro atoms. The third-order valence-electron chi connectivity index (χ3n) is 5.08. The number of nitrogens with zero attached hydrogens (tertiary/aromatic N) is 4. The number of rotatable bonds is 6. The first-order chi connectivity index (χ1) is 14.8. The SMILES string of the molecule is CCOC(=O)C1CCN(C(=O)C(C)OC(=O)c2nc(C)n(-c3ccc(F)cc3)n2)CC1. The van der Waals surface area contributed by atoms with E-state index in [1.165, 1.54) is 35.9 Å². The van der Waals surface area contributed by atoms with Gasteiger partial charge in [0.1, 0.15) is 11.6 Å². The smallest absolute Gasteiger partial charge is 0.379 e. The van der Waals surface area contributed by atoms with Gasteiger partial charge in [-0.15, -0.1) is 5.10 Å². The number of hydrogen-bond donors (Lipinski definition) is 0. The lowest BCUT2D eigenvalue weighted by Crippen LogP contribution is -2.45. The molecular formula is C21H25FN4O5. The molecule has 9 nitrogen and oxygen atoms in total. The molecule has 1 amide bonds. The average Bonchev–Trinajstić information content (AvgIpc) is 3.15. The predicted molar refractivity (Wildman–Crippen MR) is 107 cm³/mol. The van der Waals surface area contributed by atoms with Crippen molar-refractivity contribution in [3.8, 4) is 5.69 Å². The van der Waals surface area contributed by atoms with Gasteiger partial charge in [-0.3, -0.25) is 9.59 Å². The maximum Gasteiger partial charge on any atom is 0.379 e. The number of ether oxygens (including phenoxy) is 2. The summed E-state index contributed by atoms with van der Waals surface area (Å²) in [6.07, 6.45) is -0.00740. The fourth-order valence-electron chi connectivity index (χ4n) is 3.42. The van der Waals surface area contributed by atoms with E-state index in [1.807, 2.05) is 0 Å². The Morgan fingerprint density at radius 2 is 1.84 bits per heavy atom. The van der Waals surface area contributed by atoms with Gasteiger partial charge in [-0.2, -0.15) is 0 Å². The quantitative estimate of drug-likeness (QED) is 0.644. The molecule has 0 bridgehead atoms. The second-order valence-corrected chi connectivity index (χ2v) is 7.27. The van der Waals surface area contributed by atoms with Crippen LogP contribution in [0.1, 0.15) is 43.1 Å². The molecule has 0 aliphatic carbocycles. The van der Waals surface area contributed by atoms with Gasteiger partial charge in [0.05, 0.1) is 18.2 Å². The van der Waals surface area contributed by atoms with E-state index in [1.54, 1.807) is 18.7 Å². The lowest BCUT2D eigenvalue weighted by Gasteiger charge is -2.32. The highest BCUT2D eigenvalue weighted by atomic mass is 19.1. The van der Waals surface area contributed by atoms with Crippen LogP contribution >= 0.6 is 0 Å². The number of carbonyl (C=O) groups excluding carboxylic acids is 3. The first-order valence-electron chi connectivity index (χ1n) is 10.2. The van der Waals surface area contributed by atoms with Gasteiger partial charge >= 0.3 is 11.9 Å². The summed E-state index contributed by atoms with van der Waals surface area (Å²) in [6.45, 7) is 6.00. The fourth-order valence-corrected chi connectivity index (χ4v) is 3.42. The number of hydrogen-bond acceptors (Lipinski definition) is 7. The van der Waals surface area contributed by atoms with Gasteiger partial charge in [0.2, 0.25) is 0 Å². The maximum atomic E-state index is 13.1. The zero-order valence-corrected chi connectivity index (χ0v) is 17.7. The number of likely N-dealkylation sites (tertiary alicyclic amines) is 1. The van der Waals surface area contributed by atoms with Crippen LogP contribution in [-0.2, 0) is 19.1 Å².